The largest absolute Gasteiger partial charge is 0.497 e. The van der Waals surface area contributed by atoms with Crippen molar-refractivity contribution in [1.82, 2.24) is 24.2 Å². The van der Waals surface area contributed by atoms with Crippen molar-refractivity contribution in [2.45, 2.75) is 76.3 Å². The Morgan fingerprint density at radius 2 is 1.59 bits per heavy atom. The lowest BCUT2D eigenvalue weighted by Gasteiger charge is -2.39. The third-order valence-electron chi connectivity index (χ3n) is 9.93. The molecular formula is C43H52N7O8P. The van der Waals surface area contributed by atoms with Crippen LogP contribution in [-0.2, 0) is 28.9 Å². The monoisotopic (exact) mass is 825 g/mol. The number of nitrogens with zero attached hydrogens (tertiary/aromatic N) is 5. The number of aromatic nitrogens is 4. The van der Waals surface area contributed by atoms with Crippen molar-refractivity contribution in [2.75, 3.05) is 39.8 Å². The highest BCUT2D eigenvalue weighted by molar-refractivity contribution is 7.44. The second-order valence-electron chi connectivity index (χ2n) is 14.4. The van der Waals surface area contributed by atoms with Gasteiger partial charge >= 0.3 is 0 Å². The van der Waals surface area contributed by atoms with Crippen molar-refractivity contribution < 1.29 is 32.7 Å². The predicted octanol–water partition coefficient (Wildman–Crippen LogP) is 6.86. The number of nitriles is 1. The number of nitrogen functional groups attached to an aromatic ring is 1. The number of benzene rings is 3. The molecule has 15 nitrogen and oxygen atoms in total. The summed E-state index contributed by atoms with van der Waals surface area (Å²) in [5.41, 5.74) is 7.15. The van der Waals surface area contributed by atoms with E-state index in [0.717, 1.165) is 16.7 Å². The number of nitrogens with one attached hydrogen (secondary N) is 1. The maximum absolute atomic E-state index is 12.9. The Labute approximate surface area is 345 Å². The molecular weight excluding hydrogens is 773 g/mol. The highest BCUT2D eigenvalue weighted by atomic mass is 31.2. The van der Waals surface area contributed by atoms with Gasteiger partial charge < -0.3 is 38.5 Å². The van der Waals surface area contributed by atoms with E-state index in [-0.39, 0.29) is 55.4 Å². The van der Waals surface area contributed by atoms with E-state index in [4.69, 9.17) is 38.5 Å². The van der Waals surface area contributed by atoms with Crippen molar-refractivity contribution in [3.63, 3.8) is 0 Å². The summed E-state index contributed by atoms with van der Waals surface area (Å²) < 4.78 is 49.3. The molecule has 2 aromatic heterocycles. The summed E-state index contributed by atoms with van der Waals surface area (Å²) in [5, 5.41) is 9.45. The molecule has 312 valence electrons. The van der Waals surface area contributed by atoms with E-state index >= 15 is 0 Å². The van der Waals surface area contributed by atoms with Gasteiger partial charge in [0.2, 0.25) is 5.95 Å². The zero-order valence-electron chi connectivity index (χ0n) is 34.2. The number of fused-ring (bicyclic) bond motifs is 1. The van der Waals surface area contributed by atoms with Gasteiger partial charge in [0.25, 0.3) is 14.1 Å². The first-order chi connectivity index (χ1) is 28.6. The van der Waals surface area contributed by atoms with Crippen molar-refractivity contribution in [3.05, 3.63) is 125 Å². The Morgan fingerprint density at radius 3 is 2.15 bits per heavy atom. The molecule has 1 aliphatic rings. The summed E-state index contributed by atoms with van der Waals surface area (Å²) in [6.45, 7) is 12.4. The molecule has 59 heavy (non-hydrogen) atoms. The highest BCUT2D eigenvalue weighted by Crippen LogP contribution is 2.51. The quantitative estimate of drug-likeness (QED) is 0.0360. The Kier molecular flexibility index (Phi) is 14.5. The van der Waals surface area contributed by atoms with Crippen molar-refractivity contribution in [1.29, 1.82) is 5.26 Å². The first-order valence-corrected chi connectivity index (χ1v) is 20.5. The van der Waals surface area contributed by atoms with Gasteiger partial charge in [0.05, 0.1) is 52.9 Å². The molecule has 3 aromatic carbocycles. The molecule has 1 fully saturated rings. The van der Waals surface area contributed by atoms with Gasteiger partial charge in [-0.2, -0.15) is 10.2 Å². The summed E-state index contributed by atoms with van der Waals surface area (Å²) in [6, 6.07) is 27.6. The van der Waals surface area contributed by atoms with Crippen LogP contribution in [0.3, 0.4) is 0 Å². The van der Waals surface area contributed by atoms with Gasteiger partial charge in [0, 0.05) is 12.1 Å². The number of aromatic amines is 1. The van der Waals surface area contributed by atoms with Crippen LogP contribution >= 0.6 is 8.53 Å². The minimum absolute atomic E-state index is 0.0101. The van der Waals surface area contributed by atoms with E-state index in [2.05, 4.69) is 60.0 Å². The second kappa shape index (κ2) is 19.7. The fourth-order valence-corrected chi connectivity index (χ4v) is 9.13. The molecule has 0 spiro atoms. The van der Waals surface area contributed by atoms with E-state index in [1.807, 2.05) is 78.9 Å². The van der Waals surface area contributed by atoms with Crippen LogP contribution in [0.1, 0.15) is 57.0 Å². The maximum Gasteiger partial charge on any atom is 0.280 e. The maximum atomic E-state index is 12.9. The summed E-state index contributed by atoms with van der Waals surface area (Å²) in [4.78, 5) is 24.3. The normalized spacial score (nSPS) is 18.7. The Morgan fingerprint density at radius 1 is 0.983 bits per heavy atom. The zero-order chi connectivity index (χ0) is 42.1. The second-order valence-corrected chi connectivity index (χ2v) is 15.8. The van der Waals surface area contributed by atoms with Gasteiger partial charge in [-0.3, -0.25) is 14.3 Å². The average molecular weight is 826 g/mol. The molecule has 16 heteroatoms. The molecule has 3 N–H and O–H groups in total. The standard InChI is InChI=1S/C43H52N7O8P/c1-8-24-54-38-37(58-59(56-25-12-23-44)50(28(2)3)29(4)5)35(57-41(38)49-27-46-36-39(49)47-42(45)48-40(36)51)26-55-43(30-13-10-9-11-14-30,31-15-19-33(52-6)20-16-31)32-17-21-34(53-7)22-18-32/h8-11,13-22,27-29,35,37-38,41H,1,12,24-26H2,2-7H3,(H3,45,47,48,51)/t35-,37-,38-,41-,59?/m1/s1. The van der Waals surface area contributed by atoms with Crippen molar-refractivity contribution in [2.24, 2.45) is 0 Å². The van der Waals surface area contributed by atoms with E-state index in [1.54, 1.807) is 24.9 Å². The molecule has 1 unspecified atom stereocenters. The molecule has 1 aliphatic heterocycles. The van der Waals surface area contributed by atoms with Crippen LogP contribution in [0.25, 0.3) is 11.2 Å². The Balaban J connectivity index is 1.51. The van der Waals surface area contributed by atoms with E-state index in [9.17, 15) is 10.1 Å². The molecule has 5 aromatic rings. The molecule has 0 saturated carbocycles. The molecule has 6 rings (SSSR count). The predicted molar refractivity (Wildman–Crippen MR) is 225 cm³/mol. The SMILES string of the molecule is C=CCO[C@@H]1[C@H](OP(OCCC#N)N(C(C)C)C(C)C)[C@@H](COC(c2ccccc2)(c2ccc(OC)cc2)c2ccc(OC)cc2)O[C@H]1n1cnc2c(=O)[nH]c(N)nc21. The average Bonchev–Trinajstić information content (AvgIpc) is 3.81. The van der Waals surface area contributed by atoms with Crippen LogP contribution < -0.4 is 20.8 Å². The number of hydrogen-bond donors (Lipinski definition) is 2. The lowest BCUT2D eigenvalue weighted by atomic mass is 9.80. The molecule has 5 atom stereocenters. The number of anilines is 1. The van der Waals surface area contributed by atoms with Gasteiger partial charge in [-0.05, 0) is 68.7 Å². The lowest BCUT2D eigenvalue weighted by molar-refractivity contribution is -0.0945. The minimum atomic E-state index is -1.80. The summed E-state index contributed by atoms with van der Waals surface area (Å²) in [5.74, 6) is 1.30. The van der Waals surface area contributed by atoms with Gasteiger partial charge in [0.1, 0.15) is 35.4 Å². The molecule has 0 radical (unpaired) electrons. The summed E-state index contributed by atoms with van der Waals surface area (Å²) >= 11 is 0. The van der Waals surface area contributed by atoms with Crippen LogP contribution in [-0.4, -0.2) is 88.6 Å². The van der Waals surface area contributed by atoms with Crippen LogP contribution in [0.5, 0.6) is 11.5 Å². The highest BCUT2D eigenvalue weighted by Gasteiger charge is 2.51. The Bertz CT molecular complexity index is 2170. The number of nitrogens with two attached hydrogens (primary N) is 1. The van der Waals surface area contributed by atoms with E-state index in [0.29, 0.717) is 11.5 Å². The summed E-state index contributed by atoms with van der Waals surface area (Å²) in [7, 11) is 1.45. The fourth-order valence-electron chi connectivity index (χ4n) is 7.36. The van der Waals surface area contributed by atoms with Crippen LogP contribution in [0.4, 0.5) is 5.95 Å². The van der Waals surface area contributed by atoms with Gasteiger partial charge in [-0.15, -0.1) is 6.58 Å². The van der Waals surface area contributed by atoms with Gasteiger partial charge in [-0.1, -0.05) is 60.7 Å². The lowest BCUT2D eigenvalue weighted by Crippen LogP contribution is -2.43. The van der Waals surface area contributed by atoms with Crippen LogP contribution in [0.2, 0.25) is 0 Å². The molecule has 0 bridgehead atoms. The number of hydrogen-bond acceptors (Lipinski definition) is 13. The number of ether oxygens (including phenoxy) is 5. The summed E-state index contributed by atoms with van der Waals surface area (Å²) in [6.07, 6.45) is -0.138. The van der Waals surface area contributed by atoms with E-state index in [1.165, 1.54) is 6.33 Å². The van der Waals surface area contributed by atoms with Crippen molar-refractivity contribution in [3.8, 4) is 17.6 Å². The smallest absolute Gasteiger partial charge is 0.280 e. The first kappa shape index (κ1) is 43.4. The van der Waals surface area contributed by atoms with Gasteiger partial charge in [0.15, 0.2) is 17.4 Å². The molecule has 1 saturated heterocycles. The molecule has 0 amide bonds. The van der Waals surface area contributed by atoms with Gasteiger partial charge in [-0.25, -0.2) is 9.65 Å². The van der Waals surface area contributed by atoms with Crippen LogP contribution in [0, 0.1) is 11.3 Å². The van der Waals surface area contributed by atoms with E-state index < -0.39 is 44.2 Å². The zero-order valence-corrected chi connectivity index (χ0v) is 35.1. The third-order valence-corrected chi connectivity index (χ3v) is 12.1. The topological polar surface area (TPSA) is 181 Å². The first-order valence-electron chi connectivity index (χ1n) is 19.4. The number of rotatable bonds is 20. The number of H-pyrrole nitrogens is 1. The Hall–Kier alpha value is -5.17. The fraction of sp³-hybridized carbons (Fsp3) is 0.395. The van der Waals surface area contributed by atoms with Crippen LogP contribution in [0.15, 0.2) is 103 Å². The van der Waals surface area contributed by atoms with Crippen molar-refractivity contribution >= 4 is 25.6 Å². The number of imidazole rings is 1. The number of methoxy groups -OCH3 is 2. The molecule has 0 aliphatic carbocycles. The minimum Gasteiger partial charge on any atom is -0.497 e. The third kappa shape index (κ3) is 9.35. The molecule has 3 heterocycles.